The highest BCUT2D eigenvalue weighted by Gasteiger charge is 2.26. The molecule has 2 aliphatic heterocycles. The monoisotopic (exact) mass is 415 g/mol. The molecule has 2 unspecified atom stereocenters. The third-order valence-electron chi connectivity index (χ3n) is 6.46. The minimum Gasteiger partial charge on any atom is -0.390 e. The van der Waals surface area contributed by atoms with E-state index in [2.05, 4.69) is 65.1 Å². The van der Waals surface area contributed by atoms with Crippen molar-refractivity contribution in [2.45, 2.75) is 46.3 Å². The highest BCUT2D eigenvalue weighted by atomic mass is 16.3. The third-order valence-corrected chi connectivity index (χ3v) is 6.46. The number of likely N-dealkylation sites (tertiary alicyclic amines) is 1. The van der Waals surface area contributed by atoms with Crippen LogP contribution < -0.4 is 5.32 Å². The molecular weight excluding hydrogens is 374 g/mol. The molecule has 2 heterocycles. The average molecular weight is 416 g/mol. The van der Waals surface area contributed by atoms with Crippen LogP contribution in [-0.4, -0.2) is 90.8 Å². The van der Waals surface area contributed by atoms with Crippen molar-refractivity contribution < 1.29 is 5.11 Å². The van der Waals surface area contributed by atoms with Gasteiger partial charge in [-0.15, -0.1) is 0 Å². The second-order valence-electron chi connectivity index (χ2n) is 8.69. The fourth-order valence-corrected chi connectivity index (χ4v) is 4.70. The van der Waals surface area contributed by atoms with Gasteiger partial charge in [0.15, 0.2) is 5.96 Å². The fraction of sp³-hybridized carbons (Fsp3) is 0.708. The van der Waals surface area contributed by atoms with E-state index in [9.17, 15) is 5.11 Å². The first-order chi connectivity index (χ1) is 14.6. The van der Waals surface area contributed by atoms with Gasteiger partial charge >= 0.3 is 0 Å². The molecule has 1 saturated heterocycles. The van der Waals surface area contributed by atoms with Crippen molar-refractivity contribution in [2.24, 2.45) is 10.9 Å². The SMILES string of the molecule is CCNC(=NCC(O)CN1CCc2ccccc2C1)N1CCC(CN(CC)CC)C1. The van der Waals surface area contributed by atoms with Crippen molar-refractivity contribution in [2.75, 3.05) is 58.9 Å². The topological polar surface area (TPSA) is 54.3 Å². The number of aliphatic imine (C=N–C) groups is 1. The van der Waals surface area contributed by atoms with E-state index in [-0.39, 0.29) is 0 Å². The number of β-amino-alcohol motifs (C(OH)–C–C–N with tert-alkyl or cyclic N) is 1. The van der Waals surface area contributed by atoms with E-state index in [0.29, 0.717) is 19.0 Å². The predicted octanol–water partition coefficient (Wildman–Crippen LogP) is 2.03. The van der Waals surface area contributed by atoms with Gasteiger partial charge in [-0.2, -0.15) is 0 Å². The first-order valence-corrected chi connectivity index (χ1v) is 11.9. The van der Waals surface area contributed by atoms with Crippen LogP contribution in [0.3, 0.4) is 0 Å². The lowest BCUT2D eigenvalue weighted by Crippen LogP contribution is -2.42. The highest BCUT2D eigenvalue weighted by molar-refractivity contribution is 5.80. The van der Waals surface area contributed by atoms with Gasteiger partial charge in [-0.3, -0.25) is 9.89 Å². The summed E-state index contributed by atoms with van der Waals surface area (Å²) in [5.74, 6) is 1.66. The van der Waals surface area contributed by atoms with Crippen LogP contribution in [0.1, 0.15) is 38.3 Å². The molecule has 6 heteroatoms. The number of rotatable bonds is 9. The molecule has 1 aromatic rings. The minimum atomic E-state index is -0.432. The summed E-state index contributed by atoms with van der Waals surface area (Å²) in [6.07, 6.45) is 1.85. The second-order valence-corrected chi connectivity index (χ2v) is 8.69. The third kappa shape index (κ3) is 6.43. The van der Waals surface area contributed by atoms with Gasteiger partial charge in [0.2, 0.25) is 0 Å². The van der Waals surface area contributed by atoms with Gasteiger partial charge in [0, 0.05) is 45.8 Å². The first kappa shape index (κ1) is 23.0. The van der Waals surface area contributed by atoms with Crippen LogP contribution >= 0.6 is 0 Å². The molecule has 0 aliphatic carbocycles. The van der Waals surface area contributed by atoms with Crippen molar-refractivity contribution in [3.63, 3.8) is 0 Å². The van der Waals surface area contributed by atoms with Crippen LogP contribution in [0.4, 0.5) is 0 Å². The van der Waals surface area contributed by atoms with Gasteiger partial charge in [-0.05, 0) is 49.9 Å². The van der Waals surface area contributed by atoms with Gasteiger partial charge in [0.05, 0.1) is 12.6 Å². The molecule has 168 valence electrons. The molecule has 0 spiro atoms. The zero-order valence-electron chi connectivity index (χ0n) is 19.2. The summed E-state index contributed by atoms with van der Waals surface area (Å²) in [4.78, 5) is 12.0. The van der Waals surface area contributed by atoms with E-state index >= 15 is 0 Å². The quantitative estimate of drug-likeness (QED) is 0.478. The number of aliphatic hydroxyl groups is 1. The molecule has 0 saturated carbocycles. The molecule has 0 bridgehead atoms. The Balaban J connectivity index is 1.49. The average Bonchev–Trinajstić information content (AvgIpc) is 3.23. The Morgan fingerprint density at radius 2 is 1.97 bits per heavy atom. The molecular formula is C24H41N5O. The van der Waals surface area contributed by atoms with Crippen LogP contribution in [0.5, 0.6) is 0 Å². The number of benzene rings is 1. The second kappa shape index (κ2) is 11.7. The number of guanidine groups is 1. The molecule has 30 heavy (non-hydrogen) atoms. The summed E-state index contributed by atoms with van der Waals surface area (Å²) in [5, 5.41) is 14.1. The number of fused-ring (bicyclic) bond motifs is 1. The zero-order valence-corrected chi connectivity index (χ0v) is 19.2. The Labute approximate surface area is 183 Å². The van der Waals surface area contributed by atoms with Crippen LogP contribution in [0.25, 0.3) is 0 Å². The normalized spacial score (nSPS) is 21.2. The van der Waals surface area contributed by atoms with E-state index in [1.165, 1.54) is 24.1 Å². The molecule has 2 aliphatic rings. The Bertz CT molecular complexity index is 675. The van der Waals surface area contributed by atoms with Gasteiger partial charge in [0.1, 0.15) is 0 Å². The first-order valence-electron chi connectivity index (χ1n) is 11.9. The Hall–Kier alpha value is -1.63. The lowest BCUT2D eigenvalue weighted by molar-refractivity contribution is 0.111. The van der Waals surface area contributed by atoms with Crippen LogP contribution in [0, 0.1) is 5.92 Å². The summed E-state index contributed by atoms with van der Waals surface area (Å²) >= 11 is 0. The molecule has 1 fully saturated rings. The number of hydrogen-bond donors (Lipinski definition) is 2. The van der Waals surface area contributed by atoms with E-state index < -0.39 is 6.10 Å². The molecule has 0 aromatic heterocycles. The Morgan fingerprint density at radius 3 is 2.70 bits per heavy atom. The van der Waals surface area contributed by atoms with E-state index in [4.69, 9.17) is 4.99 Å². The molecule has 1 aromatic carbocycles. The standard InChI is InChI=1S/C24H41N5O/c1-4-25-24(29-14-11-20(17-29)16-27(5-2)6-3)26-15-23(30)19-28-13-12-21-9-7-8-10-22(21)18-28/h7-10,20,23,30H,4-6,11-19H2,1-3H3,(H,25,26). The van der Waals surface area contributed by atoms with Gasteiger partial charge in [-0.1, -0.05) is 38.1 Å². The molecule has 0 radical (unpaired) electrons. The maximum atomic E-state index is 10.6. The lowest BCUT2D eigenvalue weighted by Gasteiger charge is -2.30. The number of nitrogens with zero attached hydrogens (tertiary/aromatic N) is 4. The zero-order chi connectivity index (χ0) is 21.3. The lowest BCUT2D eigenvalue weighted by atomic mass is 10.00. The molecule has 0 amide bonds. The molecule has 6 nitrogen and oxygen atoms in total. The maximum Gasteiger partial charge on any atom is 0.194 e. The van der Waals surface area contributed by atoms with Crippen molar-refractivity contribution in [3.05, 3.63) is 35.4 Å². The summed E-state index contributed by atoms with van der Waals surface area (Å²) in [6, 6.07) is 8.65. The van der Waals surface area contributed by atoms with Crippen LogP contribution in [-0.2, 0) is 13.0 Å². The number of hydrogen-bond acceptors (Lipinski definition) is 4. The number of nitrogens with one attached hydrogen (secondary N) is 1. The van der Waals surface area contributed by atoms with Crippen LogP contribution in [0.15, 0.2) is 29.3 Å². The largest absolute Gasteiger partial charge is 0.390 e. The van der Waals surface area contributed by atoms with Gasteiger partial charge < -0.3 is 20.2 Å². The summed E-state index contributed by atoms with van der Waals surface area (Å²) in [5.41, 5.74) is 2.84. The van der Waals surface area contributed by atoms with E-state index in [0.717, 1.165) is 58.2 Å². The van der Waals surface area contributed by atoms with Crippen LogP contribution in [0.2, 0.25) is 0 Å². The molecule has 2 N–H and O–H groups in total. The smallest absolute Gasteiger partial charge is 0.194 e. The van der Waals surface area contributed by atoms with Crippen molar-refractivity contribution >= 4 is 5.96 Å². The van der Waals surface area contributed by atoms with E-state index in [1.54, 1.807) is 0 Å². The fourth-order valence-electron chi connectivity index (χ4n) is 4.70. The minimum absolute atomic E-state index is 0.432. The summed E-state index contributed by atoms with van der Waals surface area (Å²) in [7, 11) is 0. The van der Waals surface area contributed by atoms with Crippen molar-refractivity contribution in [1.29, 1.82) is 0 Å². The predicted molar refractivity (Wildman–Crippen MR) is 125 cm³/mol. The molecule has 3 rings (SSSR count). The Kier molecular flexibility index (Phi) is 8.97. The maximum absolute atomic E-state index is 10.6. The Morgan fingerprint density at radius 1 is 1.20 bits per heavy atom. The van der Waals surface area contributed by atoms with E-state index in [1.807, 2.05) is 0 Å². The number of aliphatic hydroxyl groups excluding tert-OH is 1. The molecule has 2 atom stereocenters. The van der Waals surface area contributed by atoms with Gasteiger partial charge in [-0.25, -0.2) is 0 Å². The van der Waals surface area contributed by atoms with Gasteiger partial charge in [0.25, 0.3) is 0 Å². The summed E-state index contributed by atoms with van der Waals surface area (Å²) in [6.45, 7) is 16.0. The van der Waals surface area contributed by atoms with Crippen molar-refractivity contribution in [1.82, 2.24) is 20.0 Å². The summed E-state index contributed by atoms with van der Waals surface area (Å²) < 4.78 is 0. The highest BCUT2D eigenvalue weighted by Crippen LogP contribution is 2.19. The van der Waals surface area contributed by atoms with Crippen molar-refractivity contribution in [3.8, 4) is 0 Å².